The minimum atomic E-state index is -3.70. The predicted molar refractivity (Wildman–Crippen MR) is 77.2 cm³/mol. The van der Waals surface area contributed by atoms with E-state index in [1.165, 1.54) is 24.5 Å². The van der Waals surface area contributed by atoms with E-state index in [9.17, 15) is 13.2 Å². The number of aliphatic carboxylic acids is 1. The minimum absolute atomic E-state index is 0.0145. The van der Waals surface area contributed by atoms with Gasteiger partial charge in [0.2, 0.25) is 10.0 Å². The molecule has 1 unspecified atom stereocenters. The highest BCUT2D eigenvalue weighted by Crippen LogP contribution is 2.12. The Bertz CT molecular complexity index is 613. The number of rotatable bonds is 8. The molecule has 1 heterocycles. The highest BCUT2D eigenvalue weighted by atomic mass is 32.2. The summed E-state index contributed by atoms with van der Waals surface area (Å²) in [6.07, 6.45) is 5.34. The summed E-state index contributed by atoms with van der Waals surface area (Å²) in [4.78, 5) is 14.2. The average molecular weight is 314 g/mol. The fourth-order valence-corrected chi connectivity index (χ4v) is 2.80. The van der Waals surface area contributed by atoms with Crippen LogP contribution in [0.1, 0.15) is 18.9 Å². The second kappa shape index (κ2) is 7.87. The Labute approximate surface area is 123 Å². The lowest BCUT2D eigenvalue weighted by molar-refractivity contribution is -0.131. The normalized spacial score (nSPS) is 13.4. The summed E-state index contributed by atoms with van der Waals surface area (Å²) in [6, 6.07) is 1.07. The number of pyridine rings is 1. The van der Waals surface area contributed by atoms with Crippen molar-refractivity contribution in [3.8, 4) is 0 Å². The van der Waals surface area contributed by atoms with Crippen molar-refractivity contribution in [2.45, 2.75) is 24.3 Å². The molecule has 0 aliphatic heterocycles. The van der Waals surface area contributed by atoms with Gasteiger partial charge in [-0.3, -0.25) is 4.98 Å². The second-order valence-electron chi connectivity index (χ2n) is 4.43. The molecule has 1 aromatic heterocycles. The number of nitrogens with one attached hydrogen (secondary N) is 1. The molecule has 0 saturated heterocycles. The van der Waals surface area contributed by atoms with Crippen LogP contribution in [0.4, 0.5) is 0 Å². The largest absolute Gasteiger partial charge is 0.478 e. The summed E-state index contributed by atoms with van der Waals surface area (Å²) in [6.45, 7) is 2.18. The van der Waals surface area contributed by atoms with Crippen molar-refractivity contribution >= 4 is 22.1 Å². The van der Waals surface area contributed by atoms with E-state index in [0.29, 0.717) is 18.6 Å². The molecule has 0 aromatic carbocycles. The molecular formula is C13H18N2O5S. The van der Waals surface area contributed by atoms with Crippen LogP contribution in [0.3, 0.4) is 0 Å². The quantitative estimate of drug-likeness (QED) is 0.690. The van der Waals surface area contributed by atoms with Crippen LogP contribution in [-0.2, 0) is 19.6 Å². The third kappa shape index (κ3) is 6.03. The first kappa shape index (κ1) is 17.3. The molecule has 0 radical (unpaired) electrons. The first-order valence-electron chi connectivity index (χ1n) is 6.22. The SMILES string of the molecule is COCCC(C)NS(=O)(=O)c1cncc(C=CC(=O)O)c1. The third-order valence-electron chi connectivity index (χ3n) is 2.57. The molecule has 8 heteroatoms. The highest BCUT2D eigenvalue weighted by molar-refractivity contribution is 7.89. The predicted octanol–water partition coefficient (Wildman–Crippen LogP) is 0.883. The molecule has 1 rings (SSSR count). The average Bonchev–Trinajstić information content (AvgIpc) is 2.43. The lowest BCUT2D eigenvalue weighted by Crippen LogP contribution is -2.33. The number of carboxylic acid groups (broad SMARTS) is 1. The smallest absolute Gasteiger partial charge is 0.328 e. The molecule has 0 aliphatic carbocycles. The second-order valence-corrected chi connectivity index (χ2v) is 6.14. The standard InChI is InChI=1S/C13H18N2O5S/c1-10(5-6-20-2)15-21(18,19)12-7-11(8-14-9-12)3-4-13(16)17/h3-4,7-10,15H,5-6H2,1-2H3,(H,16,17). The molecule has 2 N–H and O–H groups in total. The Hall–Kier alpha value is -1.77. The van der Waals surface area contributed by atoms with Crippen molar-refractivity contribution in [1.29, 1.82) is 0 Å². The number of nitrogens with zero attached hydrogens (tertiary/aromatic N) is 1. The molecule has 0 bridgehead atoms. The van der Waals surface area contributed by atoms with Crippen molar-refractivity contribution in [1.82, 2.24) is 9.71 Å². The van der Waals surface area contributed by atoms with Crippen LogP contribution in [0.15, 0.2) is 29.4 Å². The van der Waals surface area contributed by atoms with Crippen molar-refractivity contribution < 1.29 is 23.1 Å². The Morgan fingerprint density at radius 2 is 2.24 bits per heavy atom. The molecule has 0 aliphatic rings. The lowest BCUT2D eigenvalue weighted by Gasteiger charge is -2.13. The van der Waals surface area contributed by atoms with Gasteiger partial charge in [0, 0.05) is 38.2 Å². The summed E-state index contributed by atoms with van der Waals surface area (Å²) in [5, 5.41) is 8.56. The van der Waals surface area contributed by atoms with Crippen molar-refractivity contribution in [3.63, 3.8) is 0 Å². The Balaban J connectivity index is 2.88. The van der Waals surface area contributed by atoms with E-state index >= 15 is 0 Å². The van der Waals surface area contributed by atoms with Gasteiger partial charge in [-0.1, -0.05) is 0 Å². The van der Waals surface area contributed by atoms with Crippen LogP contribution < -0.4 is 4.72 Å². The van der Waals surface area contributed by atoms with Gasteiger partial charge >= 0.3 is 5.97 Å². The van der Waals surface area contributed by atoms with Gasteiger partial charge in [-0.25, -0.2) is 17.9 Å². The molecule has 0 spiro atoms. The molecule has 0 saturated carbocycles. The van der Waals surface area contributed by atoms with Crippen LogP contribution in [0, 0.1) is 0 Å². The number of ether oxygens (including phenoxy) is 1. The Morgan fingerprint density at radius 1 is 1.52 bits per heavy atom. The highest BCUT2D eigenvalue weighted by Gasteiger charge is 2.17. The van der Waals surface area contributed by atoms with Gasteiger partial charge in [0.15, 0.2) is 0 Å². The van der Waals surface area contributed by atoms with E-state index in [4.69, 9.17) is 9.84 Å². The number of carbonyl (C=O) groups is 1. The number of hydrogen-bond acceptors (Lipinski definition) is 5. The van der Waals surface area contributed by atoms with E-state index < -0.39 is 16.0 Å². The van der Waals surface area contributed by atoms with Gasteiger partial charge in [-0.15, -0.1) is 0 Å². The maximum Gasteiger partial charge on any atom is 0.328 e. The molecule has 21 heavy (non-hydrogen) atoms. The zero-order valence-electron chi connectivity index (χ0n) is 11.8. The van der Waals surface area contributed by atoms with Gasteiger partial charge < -0.3 is 9.84 Å². The fraction of sp³-hybridized carbons (Fsp3) is 0.385. The molecule has 0 fully saturated rings. The van der Waals surface area contributed by atoms with E-state index in [0.717, 1.165) is 6.08 Å². The van der Waals surface area contributed by atoms with Gasteiger partial charge in [-0.2, -0.15) is 0 Å². The zero-order valence-corrected chi connectivity index (χ0v) is 12.6. The van der Waals surface area contributed by atoms with E-state index in [1.807, 2.05) is 0 Å². The van der Waals surface area contributed by atoms with Crippen LogP contribution in [-0.4, -0.2) is 44.2 Å². The maximum atomic E-state index is 12.2. The Kier molecular flexibility index (Phi) is 6.47. The van der Waals surface area contributed by atoms with Gasteiger partial charge in [0.05, 0.1) is 0 Å². The summed E-state index contributed by atoms with van der Waals surface area (Å²) in [5.74, 6) is -1.12. The maximum absolute atomic E-state index is 12.2. The van der Waals surface area contributed by atoms with E-state index in [1.54, 1.807) is 14.0 Å². The monoisotopic (exact) mass is 314 g/mol. The fourth-order valence-electron chi connectivity index (χ4n) is 1.53. The number of carboxylic acids is 1. The topological polar surface area (TPSA) is 106 Å². The van der Waals surface area contributed by atoms with Crippen molar-refractivity contribution in [3.05, 3.63) is 30.1 Å². The van der Waals surface area contributed by atoms with E-state index in [2.05, 4.69) is 9.71 Å². The van der Waals surface area contributed by atoms with Gasteiger partial charge in [-0.05, 0) is 31.1 Å². The number of sulfonamides is 1. The minimum Gasteiger partial charge on any atom is -0.478 e. The summed E-state index contributed by atoms with van der Waals surface area (Å²) < 4.78 is 31.7. The van der Waals surface area contributed by atoms with Crippen LogP contribution in [0.2, 0.25) is 0 Å². The molecule has 0 amide bonds. The van der Waals surface area contributed by atoms with Gasteiger partial charge in [0.1, 0.15) is 4.90 Å². The van der Waals surface area contributed by atoms with E-state index in [-0.39, 0.29) is 10.9 Å². The number of hydrogen-bond donors (Lipinski definition) is 2. The van der Waals surface area contributed by atoms with Crippen LogP contribution in [0.25, 0.3) is 6.08 Å². The summed E-state index contributed by atoms with van der Waals surface area (Å²) in [7, 11) is -2.16. The van der Waals surface area contributed by atoms with Crippen molar-refractivity contribution in [2.24, 2.45) is 0 Å². The molecule has 1 atom stereocenters. The number of aromatic nitrogens is 1. The molecular weight excluding hydrogens is 296 g/mol. The first-order valence-corrected chi connectivity index (χ1v) is 7.71. The summed E-state index contributed by atoms with van der Waals surface area (Å²) >= 11 is 0. The summed E-state index contributed by atoms with van der Waals surface area (Å²) in [5.41, 5.74) is 0.393. The van der Waals surface area contributed by atoms with Crippen molar-refractivity contribution in [2.75, 3.05) is 13.7 Å². The van der Waals surface area contributed by atoms with Crippen LogP contribution >= 0.6 is 0 Å². The number of methoxy groups -OCH3 is 1. The Morgan fingerprint density at radius 3 is 2.86 bits per heavy atom. The third-order valence-corrected chi connectivity index (χ3v) is 4.13. The molecule has 1 aromatic rings. The molecule has 116 valence electrons. The van der Waals surface area contributed by atoms with Gasteiger partial charge in [0.25, 0.3) is 0 Å². The van der Waals surface area contributed by atoms with Crippen LogP contribution in [0.5, 0.6) is 0 Å². The molecule has 7 nitrogen and oxygen atoms in total. The first-order chi connectivity index (χ1) is 9.85. The lowest BCUT2D eigenvalue weighted by atomic mass is 10.2. The zero-order chi connectivity index (χ0) is 15.9.